The Morgan fingerprint density at radius 3 is 2.36 bits per heavy atom. The van der Waals surface area contributed by atoms with Crippen LogP contribution in [0.25, 0.3) is 11.5 Å². The lowest BCUT2D eigenvalue weighted by Crippen LogP contribution is -2.28. The highest BCUT2D eigenvalue weighted by Crippen LogP contribution is 2.25. The average Bonchev–Trinajstić information content (AvgIpc) is 3.32. The van der Waals surface area contributed by atoms with E-state index in [1.807, 2.05) is 0 Å². The van der Waals surface area contributed by atoms with Crippen molar-refractivity contribution in [3.8, 4) is 11.5 Å². The Bertz CT molecular complexity index is 1370. The van der Waals surface area contributed by atoms with Crippen LogP contribution >= 0.6 is 11.6 Å². The molecule has 0 saturated heterocycles. The lowest BCUT2D eigenvalue weighted by Gasteiger charge is -2.20. The van der Waals surface area contributed by atoms with Gasteiger partial charge in [-0.25, -0.2) is 13.2 Å². The summed E-state index contributed by atoms with van der Waals surface area (Å²) in [6.45, 7) is -0.317. The van der Waals surface area contributed by atoms with Gasteiger partial charge >= 0.3 is 5.97 Å². The van der Waals surface area contributed by atoms with Crippen LogP contribution in [0, 0.1) is 0 Å². The number of ether oxygens (including phenoxy) is 1. The Labute approximate surface area is 195 Å². The van der Waals surface area contributed by atoms with Crippen molar-refractivity contribution >= 4 is 33.3 Å². The van der Waals surface area contributed by atoms with Crippen molar-refractivity contribution in [1.29, 1.82) is 0 Å². The van der Waals surface area contributed by atoms with Crippen LogP contribution in [-0.4, -0.2) is 31.6 Å². The Kier molecular flexibility index (Phi) is 6.43. The molecule has 0 N–H and O–H groups in total. The van der Waals surface area contributed by atoms with E-state index in [-0.39, 0.29) is 28.8 Å². The van der Waals surface area contributed by atoms with Gasteiger partial charge in [-0.3, -0.25) is 4.31 Å². The van der Waals surface area contributed by atoms with Gasteiger partial charge in [-0.2, -0.15) is 0 Å². The molecule has 4 rings (SSSR count). The third-order valence-electron chi connectivity index (χ3n) is 4.75. The van der Waals surface area contributed by atoms with Crippen molar-refractivity contribution in [3.63, 3.8) is 0 Å². The SMILES string of the molecule is CN(c1ccccc1)S(=O)(=O)c1ccccc1C(=O)OCc1nnc(-c2ccc(Cl)cc2)o1. The first-order valence-corrected chi connectivity index (χ1v) is 11.6. The second-order valence-corrected chi connectivity index (χ2v) is 9.26. The largest absolute Gasteiger partial charge is 0.452 e. The van der Waals surface area contributed by atoms with Gasteiger partial charge in [0, 0.05) is 17.6 Å². The molecule has 0 atom stereocenters. The van der Waals surface area contributed by atoms with E-state index in [1.165, 1.54) is 19.2 Å². The minimum absolute atomic E-state index is 0.0649. The Morgan fingerprint density at radius 2 is 1.64 bits per heavy atom. The number of nitrogens with zero attached hydrogens (tertiary/aromatic N) is 3. The van der Waals surface area contributed by atoms with Crippen LogP contribution in [0.2, 0.25) is 5.02 Å². The molecule has 168 valence electrons. The van der Waals surface area contributed by atoms with Crippen molar-refractivity contribution in [2.24, 2.45) is 0 Å². The molecule has 0 bridgehead atoms. The average molecular weight is 484 g/mol. The van der Waals surface area contributed by atoms with Gasteiger partial charge in [0.15, 0.2) is 6.61 Å². The number of carbonyl (C=O) groups is 1. The van der Waals surface area contributed by atoms with E-state index in [4.69, 9.17) is 20.8 Å². The van der Waals surface area contributed by atoms with E-state index in [0.29, 0.717) is 16.3 Å². The molecule has 0 aliphatic rings. The van der Waals surface area contributed by atoms with E-state index < -0.39 is 16.0 Å². The number of halogens is 1. The molecule has 0 unspecified atom stereocenters. The monoisotopic (exact) mass is 483 g/mol. The summed E-state index contributed by atoms with van der Waals surface area (Å²) in [5.41, 5.74) is 1.02. The van der Waals surface area contributed by atoms with Crippen molar-refractivity contribution in [1.82, 2.24) is 10.2 Å². The zero-order valence-corrected chi connectivity index (χ0v) is 19.0. The zero-order chi connectivity index (χ0) is 23.4. The predicted octanol–water partition coefficient (Wildman–Crippen LogP) is 4.57. The smallest absolute Gasteiger partial charge is 0.340 e. The molecule has 0 saturated carbocycles. The van der Waals surface area contributed by atoms with Crippen LogP contribution in [0.1, 0.15) is 16.2 Å². The molecule has 0 aliphatic heterocycles. The first-order chi connectivity index (χ1) is 15.9. The minimum atomic E-state index is -4.02. The third-order valence-corrected chi connectivity index (χ3v) is 6.85. The second kappa shape index (κ2) is 9.43. The van der Waals surface area contributed by atoms with E-state index in [0.717, 1.165) is 4.31 Å². The summed E-state index contributed by atoms with van der Waals surface area (Å²) in [6, 6.07) is 21.2. The van der Waals surface area contributed by atoms with Gasteiger partial charge in [-0.15, -0.1) is 10.2 Å². The minimum Gasteiger partial charge on any atom is -0.452 e. The molecular weight excluding hydrogens is 466 g/mol. The van der Waals surface area contributed by atoms with E-state index in [2.05, 4.69) is 10.2 Å². The van der Waals surface area contributed by atoms with Crippen molar-refractivity contribution < 1.29 is 22.4 Å². The summed E-state index contributed by atoms with van der Waals surface area (Å²) in [4.78, 5) is 12.6. The molecule has 0 radical (unpaired) electrons. The number of sulfonamides is 1. The Hall–Kier alpha value is -3.69. The summed E-state index contributed by atoms with van der Waals surface area (Å²) >= 11 is 5.88. The summed E-state index contributed by atoms with van der Waals surface area (Å²) in [6.07, 6.45) is 0. The first kappa shape index (κ1) is 22.5. The fourth-order valence-electron chi connectivity index (χ4n) is 3.01. The number of para-hydroxylation sites is 1. The quantitative estimate of drug-likeness (QED) is 0.354. The van der Waals surface area contributed by atoms with Crippen LogP contribution in [0.15, 0.2) is 88.2 Å². The number of carbonyl (C=O) groups excluding carboxylic acids is 1. The molecule has 1 heterocycles. The highest BCUT2D eigenvalue weighted by molar-refractivity contribution is 7.92. The van der Waals surface area contributed by atoms with Crippen LogP contribution in [0.5, 0.6) is 0 Å². The van der Waals surface area contributed by atoms with Gasteiger partial charge in [0.05, 0.1) is 11.3 Å². The lowest BCUT2D eigenvalue weighted by molar-refractivity contribution is 0.0434. The molecule has 33 heavy (non-hydrogen) atoms. The number of anilines is 1. The third kappa shape index (κ3) is 4.89. The number of esters is 1. The number of rotatable bonds is 7. The molecule has 0 fully saturated rings. The van der Waals surface area contributed by atoms with Gasteiger partial charge in [0.25, 0.3) is 15.9 Å². The van der Waals surface area contributed by atoms with Crippen LogP contribution in [-0.2, 0) is 21.4 Å². The maximum atomic E-state index is 13.2. The van der Waals surface area contributed by atoms with E-state index in [9.17, 15) is 13.2 Å². The van der Waals surface area contributed by atoms with Crippen LogP contribution in [0.4, 0.5) is 5.69 Å². The summed E-state index contributed by atoms with van der Waals surface area (Å²) in [5.74, 6) is -0.526. The van der Waals surface area contributed by atoms with E-state index in [1.54, 1.807) is 66.7 Å². The van der Waals surface area contributed by atoms with Crippen molar-refractivity contribution in [3.05, 3.63) is 95.3 Å². The van der Waals surface area contributed by atoms with Gasteiger partial charge in [-0.05, 0) is 48.5 Å². The Balaban J connectivity index is 1.52. The van der Waals surface area contributed by atoms with Crippen LogP contribution < -0.4 is 4.31 Å². The zero-order valence-electron chi connectivity index (χ0n) is 17.4. The molecule has 0 amide bonds. The molecule has 1 aromatic heterocycles. The number of aromatic nitrogens is 2. The standard InChI is InChI=1S/C23H18ClN3O5S/c1-27(18-7-3-2-4-8-18)33(29,30)20-10-6-5-9-19(20)23(28)31-15-21-25-26-22(32-21)16-11-13-17(24)14-12-16/h2-14H,15H2,1H3. The maximum absolute atomic E-state index is 13.2. The normalized spacial score (nSPS) is 11.2. The predicted molar refractivity (Wildman–Crippen MR) is 122 cm³/mol. The topological polar surface area (TPSA) is 103 Å². The molecule has 10 heteroatoms. The summed E-state index contributed by atoms with van der Waals surface area (Å²) in [7, 11) is -2.60. The van der Waals surface area contributed by atoms with Gasteiger partial charge < -0.3 is 9.15 Å². The first-order valence-electron chi connectivity index (χ1n) is 9.75. The maximum Gasteiger partial charge on any atom is 0.340 e. The molecule has 8 nitrogen and oxygen atoms in total. The highest BCUT2D eigenvalue weighted by atomic mass is 35.5. The molecule has 0 spiro atoms. The Morgan fingerprint density at radius 1 is 0.970 bits per heavy atom. The molecule has 3 aromatic carbocycles. The number of benzene rings is 3. The second-order valence-electron chi connectivity index (χ2n) is 6.89. The fraction of sp³-hybridized carbons (Fsp3) is 0.0870. The van der Waals surface area contributed by atoms with Gasteiger partial charge in [0.2, 0.25) is 5.89 Å². The number of hydrogen-bond acceptors (Lipinski definition) is 7. The molecular formula is C23H18ClN3O5S. The van der Waals surface area contributed by atoms with Crippen LogP contribution in [0.3, 0.4) is 0 Å². The summed E-state index contributed by atoms with van der Waals surface area (Å²) in [5, 5.41) is 8.36. The molecule has 0 aliphatic carbocycles. The van der Waals surface area contributed by atoms with Crippen molar-refractivity contribution in [2.45, 2.75) is 11.5 Å². The van der Waals surface area contributed by atoms with E-state index >= 15 is 0 Å². The summed E-state index contributed by atoms with van der Waals surface area (Å²) < 4.78 is 38.3. The fourth-order valence-corrected chi connectivity index (χ4v) is 4.51. The number of hydrogen-bond donors (Lipinski definition) is 0. The molecule has 4 aromatic rings. The van der Waals surface area contributed by atoms with Crippen molar-refractivity contribution in [2.75, 3.05) is 11.4 Å². The van der Waals surface area contributed by atoms with Gasteiger partial charge in [-0.1, -0.05) is 41.9 Å². The van der Waals surface area contributed by atoms with Gasteiger partial charge in [0.1, 0.15) is 4.90 Å². The highest BCUT2D eigenvalue weighted by Gasteiger charge is 2.27. The lowest BCUT2D eigenvalue weighted by atomic mass is 10.2.